The topological polar surface area (TPSA) is 74.2 Å². The highest BCUT2D eigenvalue weighted by atomic mass is 16.5. The Labute approximate surface area is 109 Å². The summed E-state index contributed by atoms with van der Waals surface area (Å²) in [6.07, 6.45) is 5.99. The minimum atomic E-state index is -0.0264. The molecule has 5 heteroatoms. The van der Waals surface area contributed by atoms with Crippen molar-refractivity contribution in [1.82, 2.24) is 10.1 Å². The van der Waals surface area contributed by atoms with Gasteiger partial charge in [-0.1, -0.05) is 24.9 Å². The molecule has 0 aliphatic carbocycles. The van der Waals surface area contributed by atoms with Crippen molar-refractivity contribution < 1.29 is 9.26 Å². The summed E-state index contributed by atoms with van der Waals surface area (Å²) in [7, 11) is 0. The van der Waals surface area contributed by atoms with Crippen LogP contribution in [-0.2, 0) is 11.2 Å². The van der Waals surface area contributed by atoms with E-state index in [2.05, 4.69) is 17.1 Å². The van der Waals surface area contributed by atoms with Gasteiger partial charge in [-0.05, 0) is 32.7 Å². The third-order valence-electron chi connectivity index (χ3n) is 2.79. The lowest BCUT2D eigenvalue weighted by atomic mass is 10.2. The molecule has 1 rings (SSSR count). The van der Waals surface area contributed by atoms with Gasteiger partial charge in [-0.25, -0.2) is 0 Å². The Morgan fingerprint density at radius 2 is 2.11 bits per heavy atom. The molecular formula is C13H25N3O2. The molecule has 5 nitrogen and oxygen atoms in total. The number of hydrogen-bond donors (Lipinski definition) is 1. The number of aromatic nitrogens is 2. The number of rotatable bonds is 10. The van der Waals surface area contributed by atoms with E-state index < -0.39 is 0 Å². The summed E-state index contributed by atoms with van der Waals surface area (Å²) in [5.74, 6) is 1.40. The Bertz CT molecular complexity index is 309. The predicted molar refractivity (Wildman–Crippen MR) is 70.2 cm³/mol. The van der Waals surface area contributed by atoms with Crippen molar-refractivity contribution in [2.24, 2.45) is 5.73 Å². The van der Waals surface area contributed by atoms with Crippen LogP contribution in [0, 0.1) is 0 Å². The number of nitrogens with zero attached hydrogens (tertiary/aromatic N) is 2. The normalized spacial score (nSPS) is 12.8. The average Bonchev–Trinajstić information content (AvgIpc) is 2.83. The number of hydrogen-bond acceptors (Lipinski definition) is 5. The molecule has 2 N–H and O–H groups in total. The van der Waals surface area contributed by atoms with Gasteiger partial charge in [-0.15, -0.1) is 0 Å². The van der Waals surface area contributed by atoms with Crippen LogP contribution in [0.3, 0.4) is 0 Å². The van der Waals surface area contributed by atoms with Gasteiger partial charge in [-0.2, -0.15) is 4.98 Å². The van der Waals surface area contributed by atoms with Crippen molar-refractivity contribution >= 4 is 0 Å². The summed E-state index contributed by atoms with van der Waals surface area (Å²) in [5.41, 5.74) is 5.45. The molecule has 0 bridgehead atoms. The highest BCUT2D eigenvalue weighted by Crippen LogP contribution is 2.20. The number of nitrogens with two attached hydrogens (primary N) is 1. The van der Waals surface area contributed by atoms with Crippen molar-refractivity contribution in [1.29, 1.82) is 0 Å². The number of aryl methyl sites for hydroxylation is 1. The molecule has 18 heavy (non-hydrogen) atoms. The first-order valence-electron chi connectivity index (χ1n) is 6.95. The van der Waals surface area contributed by atoms with Crippen LogP contribution in [0.15, 0.2) is 4.52 Å². The van der Waals surface area contributed by atoms with Crippen LogP contribution in [0.5, 0.6) is 0 Å². The first-order valence-corrected chi connectivity index (χ1v) is 6.95. The smallest absolute Gasteiger partial charge is 0.226 e. The monoisotopic (exact) mass is 255 g/mol. The van der Waals surface area contributed by atoms with Crippen LogP contribution in [0.4, 0.5) is 0 Å². The summed E-state index contributed by atoms with van der Waals surface area (Å²) in [4.78, 5) is 4.41. The van der Waals surface area contributed by atoms with Crippen molar-refractivity contribution in [2.75, 3.05) is 13.2 Å². The Morgan fingerprint density at radius 3 is 2.78 bits per heavy atom. The van der Waals surface area contributed by atoms with Gasteiger partial charge in [0.05, 0.1) is 0 Å². The number of unbranched alkanes of at least 4 members (excludes halogenated alkanes) is 2. The van der Waals surface area contributed by atoms with Crippen molar-refractivity contribution in [2.45, 2.75) is 58.5 Å². The molecule has 0 saturated carbocycles. The summed E-state index contributed by atoms with van der Waals surface area (Å²) in [6.45, 7) is 5.53. The second-order valence-electron chi connectivity index (χ2n) is 4.38. The molecule has 0 spiro atoms. The minimum absolute atomic E-state index is 0.0264. The maximum absolute atomic E-state index is 5.62. The maximum Gasteiger partial charge on any atom is 0.226 e. The minimum Gasteiger partial charge on any atom is -0.370 e. The van der Waals surface area contributed by atoms with Crippen molar-refractivity contribution in [3.63, 3.8) is 0 Å². The van der Waals surface area contributed by atoms with Gasteiger partial charge in [0.2, 0.25) is 11.7 Å². The quantitative estimate of drug-likeness (QED) is 0.650. The molecule has 0 radical (unpaired) electrons. The van der Waals surface area contributed by atoms with Gasteiger partial charge < -0.3 is 15.0 Å². The highest BCUT2D eigenvalue weighted by molar-refractivity contribution is 4.91. The molecule has 0 fully saturated rings. The molecule has 0 aliphatic rings. The predicted octanol–water partition coefficient (Wildman–Crippen LogP) is 2.62. The highest BCUT2D eigenvalue weighted by Gasteiger charge is 2.17. The van der Waals surface area contributed by atoms with Crippen LogP contribution in [0.25, 0.3) is 0 Å². The SMILES string of the molecule is CCCC(OCC)c1noc(CCCCCN)n1. The Hall–Kier alpha value is -0.940. The van der Waals surface area contributed by atoms with Crippen molar-refractivity contribution in [3.8, 4) is 0 Å². The van der Waals surface area contributed by atoms with Crippen LogP contribution >= 0.6 is 0 Å². The molecule has 0 saturated heterocycles. The van der Waals surface area contributed by atoms with E-state index in [9.17, 15) is 0 Å². The van der Waals surface area contributed by atoms with E-state index in [1.807, 2.05) is 6.92 Å². The molecule has 1 unspecified atom stereocenters. The molecule has 1 atom stereocenters. The molecule has 0 aliphatic heterocycles. The van der Waals surface area contributed by atoms with Gasteiger partial charge in [0.25, 0.3) is 0 Å². The largest absolute Gasteiger partial charge is 0.370 e. The lowest BCUT2D eigenvalue weighted by Gasteiger charge is -2.11. The molecule has 1 aromatic heterocycles. The molecule has 1 aromatic rings. The van der Waals surface area contributed by atoms with Crippen molar-refractivity contribution in [3.05, 3.63) is 11.7 Å². The second-order valence-corrected chi connectivity index (χ2v) is 4.38. The fourth-order valence-electron chi connectivity index (χ4n) is 1.85. The van der Waals surface area contributed by atoms with Gasteiger partial charge in [0, 0.05) is 13.0 Å². The molecule has 104 valence electrons. The van der Waals surface area contributed by atoms with Crippen LogP contribution in [-0.4, -0.2) is 23.3 Å². The summed E-state index contributed by atoms with van der Waals surface area (Å²) >= 11 is 0. The Morgan fingerprint density at radius 1 is 1.28 bits per heavy atom. The molecule has 0 aromatic carbocycles. The average molecular weight is 255 g/mol. The van der Waals surface area contributed by atoms with E-state index in [1.54, 1.807) is 0 Å². The van der Waals surface area contributed by atoms with Crippen LogP contribution < -0.4 is 5.73 Å². The zero-order valence-electron chi connectivity index (χ0n) is 11.5. The fraction of sp³-hybridized carbons (Fsp3) is 0.846. The van der Waals surface area contributed by atoms with E-state index in [0.29, 0.717) is 18.3 Å². The lowest BCUT2D eigenvalue weighted by molar-refractivity contribution is 0.0478. The van der Waals surface area contributed by atoms with E-state index in [-0.39, 0.29) is 6.10 Å². The Balaban J connectivity index is 2.44. The van der Waals surface area contributed by atoms with Gasteiger partial charge in [-0.3, -0.25) is 0 Å². The molecular weight excluding hydrogens is 230 g/mol. The zero-order chi connectivity index (χ0) is 13.2. The first-order chi connectivity index (χ1) is 8.81. The molecule has 1 heterocycles. The third kappa shape index (κ3) is 5.14. The van der Waals surface area contributed by atoms with E-state index in [0.717, 1.165) is 45.1 Å². The van der Waals surface area contributed by atoms with E-state index in [4.69, 9.17) is 15.0 Å². The first kappa shape index (κ1) is 15.1. The standard InChI is InChI=1S/C13H25N3O2/c1-3-8-11(17-4-2)13-15-12(18-16-13)9-6-5-7-10-14/h11H,3-10,14H2,1-2H3. The maximum atomic E-state index is 5.62. The fourth-order valence-corrected chi connectivity index (χ4v) is 1.85. The summed E-state index contributed by atoms with van der Waals surface area (Å²) in [6, 6.07) is 0. The zero-order valence-corrected chi connectivity index (χ0v) is 11.5. The summed E-state index contributed by atoms with van der Waals surface area (Å²) < 4.78 is 10.9. The summed E-state index contributed by atoms with van der Waals surface area (Å²) in [5, 5.41) is 4.02. The second kappa shape index (κ2) is 9.05. The van der Waals surface area contributed by atoms with E-state index in [1.165, 1.54) is 0 Å². The van der Waals surface area contributed by atoms with Crippen LogP contribution in [0.2, 0.25) is 0 Å². The van der Waals surface area contributed by atoms with Gasteiger partial charge in [0.1, 0.15) is 6.10 Å². The number of ether oxygens (including phenoxy) is 1. The van der Waals surface area contributed by atoms with Gasteiger partial charge >= 0.3 is 0 Å². The van der Waals surface area contributed by atoms with Gasteiger partial charge in [0.15, 0.2) is 0 Å². The Kier molecular flexibility index (Phi) is 7.60. The lowest BCUT2D eigenvalue weighted by Crippen LogP contribution is -2.06. The van der Waals surface area contributed by atoms with Crippen LogP contribution in [0.1, 0.15) is 63.8 Å². The van der Waals surface area contributed by atoms with E-state index >= 15 is 0 Å². The third-order valence-corrected chi connectivity index (χ3v) is 2.79. The molecule has 0 amide bonds.